The van der Waals surface area contributed by atoms with Crippen molar-refractivity contribution in [3.05, 3.63) is 59.2 Å². The standard InChI is InChI=1S/C16H17N3/c1-12-14(7-5-8-15(12)18)11-19(2)16-9-4-3-6-13(16)10-17/h3-9H,11,18H2,1-2H3. The van der Waals surface area contributed by atoms with E-state index in [1.54, 1.807) is 0 Å². The van der Waals surface area contributed by atoms with E-state index in [9.17, 15) is 0 Å². The highest BCUT2D eigenvalue weighted by Gasteiger charge is 2.09. The predicted octanol–water partition coefficient (Wildman–Crippen LogP) is 3.09. The van der Waals surface area contributed by atoms with Crippen molar-refractivity contribution in [2.75, 3.05) is 17.7 Å². The minimum atomic E-state index is 0.687. The number of para-hydroxylation sites is 1. The molecule has 2 N–H and O–H groups in total. The lowest BCUT2D eigenvalue weighted by Gasteiger charge is -2.22. The van der Waals surface area contributed by atoms with Crippen molar-refractivity contribution in [2.45, 2.75) is 13.5 Å². The molecule has 0 unspecified atom stereocenters. The zero-order valence-electron chi connectivity index (χ0n) is 11.2. The van der Waals surface area contributed by atoms with Crippen molar-refractivity contribution in [3.8, 4) is 6.07 Å². The number of nitriles is 1. The van der Waals surface area contributed by atoms with E-state index < -0.39 is 0 Å². The first kappa shape index (κ1) is 13.0. The first-order chi connectivity index (χ1) is 9.13. The summed E-state index contributed by atoms with van der Waals surface area (Å²) in [5, 5.41) is 9.14. The van der Waals surface area contributed by atoms with Crippen molar-refractivity contribution in [1.82, 2.24) is 0 Å². The second-order valence-corrected chi connectivity index (χ2v) is 4.62. The molecule has 0 aliphatic carbocycles. The Morgan fingerprint density at radius 3 is 2.63 bits per heavy atom. The molecular formula is C16H17N3. The van der Waals surface area contributed by atoms with E-state index >= 15 is 0 Å². The number of nitrogens with zero attached hydrogens (tertiary/aromatic N) is 2. The topological polar surface area (TPSA) is 53.0 Å². The molecule has 0 radical (unpaired) electrons. The number of rotatable bonds is 3. The Hall–Kier alpha value is -2.47. The highest BCUT2D eigenvalue weighted by molar-refractivity contribution is 5.59. The van der Waals surface area contributed by atoms with Crippen molar-refractivity contribution < 1.29 is 0 Å². The normalized spacial score (nSPS) is 9.95. The van der Waals surface area contributed by atoms with Gasteiger partial charge in [-0.15, -0.1) is 0 Å². The molecule has 0 aliphatic rings. The quantitative estimate of drug-likeness (QED) is 0.853. The Bertz CT molecular complexity index is 626. The van der Waals surface area contributed by atoms with Crippen LogP contribution in [-0.4, -0.2) is 7.05 Å². The van der Waals surface area contributed by atoms with E-state index in [0.29, 0.717) is 5.56 Å². The molecular weight excluding hydrogens is 234 g/mol. The van der Waals surface area contributed by atoms with Gasteiger partial charge in [-0.1, -0.05) is 24.3 Å². The lowest BCUT2D eigenvalue weighted by Crippen LogP contribution is -2.18. The minimum Gasteiger partial charge on any atom is -0.399 e. The van der Waals surface area contributed by atoms with Crippen LogP contribution in [0, 0.1) is 18.3 Å². The van der Waals surface area contributed by atoms with Crippen LogP contribution in [0.1, 0.15) is 16.7 Å². The Morgan fingerprint density at radius 2 is 1.89 bits per heavy atom. The van der Waals surface area contributed by atoms with Crippen LogP contribution < -0.4 is 10.6 Å². The van der Waals surface area contributed by atoms with Gasteiger partial charge in [0.05, 0.1) is 11.3 Å². The summed E-state index contributed by atoms with van der Waals surface area (Å²) >= 11 is 0. The van der Waals surface area contributed by atoms with Gasteiger partial charge in [-0.05, 0) is 36.2 Å². The minimum absolute atomic E-state index is 0.687. The Morgan fingerprint density at radius 1 is 1.16 bits per heavy atom. The van der Waals surface area contributed by atoms with Crippen LogP contribution in [0.3, 0.4) is 0 Å². The van der Waals surface area contributed by atoms with Gasteiger partial charge in [0.15, 0.2) is 0 Å². The van der Waals surface area contributed by atoms with Gasteiger partial charge in [0.25, 0.3) is 0 Å². The molecule has 3 nitrogen and oxygen atoms in total. The van der Waals surface area contributed by atoms with Crippen LogP contribution >= 0.6 is 0 Å². The first-order valence-corrected chi connectivity index (χ1v) is 6.17. The monoisotopic (exact) mass is 251 g/mol. The van der Waals surface area contributed by atoms with Gasteiger partial charge >= 0.3 is 0 Å². The SMILES string of the molecule is Cc1c(N)cccc1CN(C)c1ccccc1C#N. The summed E-state index contributed by atoms with van der Waals surface area (Å²) < 4.78 is 0. The molecule has 2 rings (SSSR count). The molecule has 19 heavy (non-hydrogen) atoms. The van der Waals surface area contributed by atoms with E-state index in [4.69, 9.17) is 11.0 Å². The molecule has 2 aromatic carbocycles. The molecule has 0 spiro atoms. The molecule has 3 heteroatoms. The lowest BCUT2D eigenvalue weighted by atomic mass is 10.1. The molecule has 0 aliphatic heterocycles. The number of hydrogen-bond donors (Lipinski definition) is 1. The Kier molecular flexibility index (Phi) is 3.72. The summed E-state index contributed by atoms with van der Waals surface area (Å²) in [5.41, 5.74) is 10.6. The summed E-state index contributed by atoms with van der Waals surface area (Å²) in [6.45, 7) is 2.75. The van der Waals surface area contributed by atoms with Gasteiger partial charge in [0.1, 0.15) is 6.07 Å². The van der Waals surface area contributed by atoms with E-state index in [0.717, 1.165) is 23.5 Å². The summed E-state index contributed by atoms with van der Waals surface area (Å²) in [6.07, 6.45) is 0. The van der Waals surface area contributed by atoms with Crippen LogP contribution in [0.25, 0.3) is 0 Å². The fraction of sp³-hybridized carbons (Fsp3) is 0.188. The van der Waals surface area contributed by atoms with Crippen molar-refractivity contribution in [1.29, 1.82) is 5.26 Å². The summed E-state index contributed by atoms with van der Waals surface area (Å²) in [5.74, 6) is 0. The van der Waals surface area contributed by atoms with Crippen molar-refractivity contribution >= 4 is 11.4 Å². The molecule has 96 valence electrons. The van der Waals surface area contributed by atoms with Gasteiger partial charge in [0, 0.05) is 19.3 Å². The van der Waals surface area contributed by atoms with E-state index in [1.165, 1.54) is 5.56 Å². The van der Waals surface area contributed by atoms with Crippen molar-refractivity contribution in [3.63, 3.8) is 0 Å². The second kappa shape index (κ2) is 5.45. The van der Waals surface area contributed by atoms with E-state index in [1.807, 2.05) is 50.4 Å². The van der Waals surface area contributed by atoms with E-state index in [-0.39, 0.29) is 0 Å². The zero-order chi connectivity index (χ0) is 13.8. The molecule has 0 atom stereocenters. The maximum Gasteiger partial charge on any atom is 0.101 e. The number of anilines is 2. The van der Waals surface area contributed by atoms with Gasteiger partial charge in [-0.3, -0.25) is 0 Å². The van der Waals surface area contributed by atoms with Gasteiger partial charge in [-0.2, -0.15) is 5.26 Å². The van der Waals surface area contributed by atoms with Crippen molar-refractivity contribution in [2.24, 2.45) is 0 Å². The summed E-state index contributed by atoms with van der Waals surface area (Å²) in [4.78, 5) is 2.07. The van der Waals surface area contributed by atoms with E-state index in [2.05, 4.69) is 17.0 Å². The Labute approximate surface area is 113 Å². The van der Waals surface area contributed by atoms with Crippen LogP contribution in [0.5, 0.6) is 0 Å². The summed E-state index contributed by atoms with van der Waals surface area (Å²) in [7, 11) is 1.98. The molecule has 0 saturated carbocycles. The van der Waals surface area contributed by atoms with Crippen LogP contribution in [0.4, 0.5) is 11.4 Å². The molecule has 2 aromatic rings. The van der Waals surface area contributed by atoms with Gasteiger partial charge in [-0.25, -0.2) is 0 Å². The van der Waals surface area contributed by atoms with Crippen LogP contribution in [-0.2, 0) is 6.54 Å². The average molecular weight is 251 g/mol. The highest BCUT2D eigenvalue weighted by atomic mass is 15.1. The van der Waals surface area contributed by atoms with Crippen LogP contribution in [0.15, 0.2) is 42.5 Å². The van der Waals surface area contributed by atoms with Gasteiger partial charge in [0.2, 0.25) is 0 Å². The maximum atomic E-state index is 9.14. The second-order valence-electron chi connectivity index (χ2n) is 4.62. The molecule has 0 amide bonds. The van der Waals surface area contributed by atoms with Gasteiger partial charge < -0.3 is 10.6 Å². The summed E-state index contributed by atoms with van der Waals surface area (Å²) in [6, 6.07) is 15.8. The number of nitrogens with two attached hydrogens (primary N) is 1. The average Bonchev–Trinajstić information content (AvgIpc) is 2.43. The molecule has 0 fully saturated rings. The molecule has 0 aromatic heterocycles. The molecule has 0 saturated heterocycles. The number of nitrogen functional groups attached to an aromatic ring is 1. The lowest BCUT2D eigenvalue weighted by molar-refractivity contribution is 0.913. The third-order valence-corrected chi connectivity index (χ3v) is 3.33. The Balaban J connectivity index is 2.29. The largest absolute Gasteiger partial charge is 0.399 e. The fourth-order valence-electron chi connectivity index (χ4n) is 2.12. The molecule has 0 heterocycles. The van der Waals surface area contributed by atoms with Crippen LogP contribution in [0.2, 0.25) is 0 Å². The number of hydrogen-bond acceptors (Lipinski definition) is 3. The first-order valence-electron chi connectivity index (χ1n) is 6.17. The fourth-order valence-corrected chi connectivity index (χ4v) is 2.12. The third kappa shape index (κ3) is 2.69. The number of benzene rings is 2. The zero-order valence-corrected chi connectivity index (χ0v) is 11.2. The molecule has 0 bridgehead atoms. The highest BCUT2D eigenvalue weighted by Crippen LogP contribution is 2.23. The maximum absolute atomic E-state index is 9.14. The third-order valence-electron chi connectivity index (χ3n) is 3.33. The smallest absolute Gasteiger partial charge is 0.101 e. The predicted molar refractivity (Wildman–Crippen MR) is 78.9 cm³/mol.